The van der Waals surface area contributed by atoms with Gasteiger partial charge in [0.15, 0.2) is 11.5 Å². The second-order valence-electron chi connectivity index (χ2n) is 7.34. The van der Waals surface area contributed by atoms with Gasteiger partial charge in [-0.15, -0.1) is 0 Å². The van der Waals surface area contributed by atoms with Gasteiger partial charge >= 0.3 is 0 Å². The zero-order chi connectivity index (χ0) is 22.5. The summed E-state index contributed by atoms with van der Waals surface area (Å²) in [5.74, 6) is 1.16. The van der Waals surface area contributed by atoms with E-state index in [4.69, 9.17) is 19.2 Å². The number of carbonyl (C=O) groups excluding carboxylic acids is 1. The molecular weight excluding hydrogens is 392 g/mol. The van der Waals surface area contributed by atoms with E-state index in [-0.39, 0.29) is 11.7 Å². The van der Waals surface area contributed by atoms with Crippen molar-refractivity contribution in [3.63, 3.8) is 0 Å². The number of para-hydroxylation sites is 1. The number of nitrogens with zero attached hydrogens (tertiary/aromatic N) is 1. The molecule has 1 heterocycles. The number of rotatable bonds is 8. The molecule has 2 aromatic carbocycles. The van der Waals surface area contributed by atoms with Crippen molar-refractivity contribution < 1.29 is 19.0 Å². The molecule has 162 valence electrons. The summed E-state index contributed by atoms with van der Waals surface area (Å²) in [6, 6.07) is 13.4. The molecule has 0 aliphatic rings. The van der Waals surface area contributed by atoms with Gasteiger partial charge in [-0.3, -0.25) is 4.79 Å². The van der Waals surface area contributed by atoms with Crippen LogP contribution in [0.15, 0.2) is 59.2 Å². The molecule has 0 saturated carbocycles. The number of fused-ring (bicyclic) bond motifs is 1. The summed E-state index contributed by atoms with van der Waals surface area (Å²) in [7, 11) is 4.57. The Morgan fingerprint density at radius 3 is 2.16 bits per heavy atom. The normalized spacial score (nSPS) is 12.4. The first kappa shape index (κ1) is 22.2. The van der Waals surface area contributed by atoms with Crippen molar-refractivity contribution in [2.75, 3.05) is 21.3 Å². The molecule has 0 aliphatic heterocycles. The fraction of sp³-hybridized carbons (Fsp3) is 0.280. The van der Waals surface area contributed by atoms with Crippen LogP contribution in [-0.4, -0.2) is 37.8 Å². The number of hydrogen-bond donors (Lipinski definition) is 1. The molecule has 0 saturated heterocycles. The van der Waals surface area contributed by atoms with Gasteiger partial charge < -0.3 is 19.2 Å². The number of ether oxygens (including phenoxy) is 3. The molecule has 0 atom stereocenters. The Morgan fingerprint density at radius 1 is 1.00 bits per heavy atom. The van der Waals surface area contributed by atoms with Gasteiger partial charge in [0, 0.05) is 16.5 Å². The highest BCUT2D eigenvalue weighted by molar-refractivity contribution is 6.13. The highest BCUT2D eigenvalue weighted by Gasteiger charge is 2.21. The third-order valence-electron chi connectivity index (χ3n) is 5.03. The van der Waals surface area contributed by atoms with Gasteiger partial charge in [0.1, 0.15) is 5.70 Å². The van der Waals surface area contributed by atoms with Gasteiger partial charge in [0.2, 0.25) is 11.5 Å². The Kier molecular flexibility index (Phi) is 6.80. The molecule has 6 nitrogen and oxygen atoms in total. The van der Waals surface area contributed by atoms with Gasteiger partial charge in [0.25, 0.3) is 0 Å². The lowest BCUT2D eigenvalue weighted by molar-refractivity contribution is 0.103. The van der Waals surface area contributed by atoms with Crippen molar-refractivity contribution >= 4 is 22.4 Å². The van der Waals surface area contributed by atoms with Crippen molar-refractivity contribution in [2.45, 2.75) is 20.8 Å². The summed E-state index contributed by atoms with van der Waals surface area (Å²) >= 11 is 0. The van der Waals surface area contributed by atoms with E-state index < -0.39 is 0 Å². The Bertz CT molecular complexity index is 1100. The first-order chi connectivity index (χ1) is 14.9. The van der Waals surface area contributed by atoms with Crippen LogP contribution in [0.5, 0.6) is 17.2 Å². The number of benzene rings is 2. The fourth-order valence-electron chi connectivity index (χ4n) is 3.45. The molecule has 6 heteroatoms. The maximum absolute atomic E-state index is 13.3. The molecule has 31 heavy (non-hydrogen) atoms. The summed E-state index contributed by atoms with van der Waals surface area (Å²) in [4.78, 5) is 21.5. The standard InChI is InChI=1S/C25H28N2O4/c1-7-18(24(28)17-13-21(29-4)25(31-6)22(14-17)30-5)27-23(15(2)3)20-12-16-10-8-9-11-19(16)26-20/h7-15,26H,1-6H3/b18-7-,27-23?. The zero-order valence-electron chi connectivity index (χ0n) is 18.8. The summed E-state index contributed by atoms with van der Waals surface area (Å²) in [5.41, 5.74) is 3.49. The number of hydrogen-bond acceptors (Lipinski definition) is 5. The smallest absolute Gasteiger partial charge is 0.211 e. The molecule has 0 amide bonds. The van der Waals surface area contributed by atoms with Crippen LogP contribution in [-0.2, 0) is 0 Å². The summed E-state index contributed by atoms with van der Waals surface area (Å²) in [6.07, 6.45) is 1.72. The van der Waals surface area contributed by atoms with E-state index in [0.717, 1.165) is 22.3 Å². The number of methoxy groups -OCH3 is 3. The number of Topliss-reactive ketones (excluding diaryl/α,β-unsaturated/α-hetero) is 1. The van der Waals surface area contributed by atoms with Gasteiger partial charge in [-0.05, 0) is 37.1 Å². The predicted molar refractivity (Wildman–Crippen MR) is 124 cm³/mol. The lowest BCUT2D eigenvalue weighted by atomic mass is 10.0. The second kappa shape index (κ2) is 9.51. The third-order valence-corrected chi connectivity index (χ3v) is 5.03. The Balaban J connectivity index is 2.05. The number of carbonyl (C=O) groups is 1. The Labute approximate surface area is 182 Å². The van der Waals surface area contributed by atoms with Crippen LogP contribution in [0.1, 0.15) is 36.8 Å². The molecule has 1 aromatic heterocycles. The van der Waals surface area contributed by atoms with Crippen molar-refractivity contribution in [3.05, 3.63) is 65.5 Å². The molecule has 0 spiro atoms. The summed E-state index contributed by atoms with van der Waals surface area (Å²) in [5, 5.41) is 1.10. The minimum Gasteiger partial charge on any atom is -0.493 e. The van der Waals surface area contributed by atoms with Gasteiger partial charge in [-0.25, -0.2) is 4.99 Å². The van der Waals surface area contributed by atoms with Crippen molar-refractivity contribution in [3.8, 4) is 17.2 Å². The van der Waals surface area contributed by atoms with Crippen LogP contribution in [0.4, 0.5) is 0 Å². The first-order valence-electron chi connectivity index (χ1n) is 10.1. The highest BCUT2D eigenvalue weighted by Crippen LogP contribution is 2.38. The second-order valence-corrected chi connectivity index (χ2v) is 7.34. The quantitative estimate of drug-likeness (QED) is 0.300. The van der Waals surface area contributed by atoms with E-state index in [2.05, 4.69) is 24.9 Å². The van der Waals surface area contributed by atoms with E-state index in [0.29, 0.717) is 28.5 Å². The lowest BCUT2D eigenvalue weighted by Gasteiger charge is -2.14. The predicted octanol–water partition coefficient (Wildman–Crippen LogP) is 5.43. The molecule has 0 unspecified atom stereocenters. The molecule has 0 aliphatic carbocycles. The monoisotopic (exact) mass is 420 g/mol. The van der Waals surface area contributed by atoms with Crippen LogP contribution < -0.4 is 14.2 Å². The third kappa shape index (κ3) is 4.48. The average Bonchev–Trinajstić information content (AvgIpc) is 3.21. The number of nitrogens with one attached hydrogen (secondary N) is 1. The first-order valence-corrected chi connectivity index (χ1v) is 10.1. The number of aromatic nitrogens is 1. The van der Waals surface area contributed by atoms with Crippen molar-refractivity contribution in [2.24, 2.45) is 10.9 Å². The van der Waals surface area contributed by atoms with Gasteiger partial charge in [-0.1, -0.05) is 38.1 Å². The number of aliphatic imine (C=N–C) groups is 1. The van der Waals surface area contributed by atoms with Crippen LogP contribution in [0.2, 0.25) is 0 Å². The van der Waals surface area contributed by atoms with Crippen LogP contribution in [0, 0.1) is 5.92 Å². The zero-order valence-corrected chi connectivity index (χ0v) is 18.8. The minimum absolute atomic E-state index is 0.107. The summed E-state index contributed by atoms with van der Waals surface area (Å²) < 4.78 is 16.1. The number of ketones is 1. The molecular formula is C25H28N2O4. The minimum atomic E-state index is -0.226. The Morgan fingerprint density at radius 2 is 1.65 bits per heavy atom. The molecule has 1 N–H and O–H groups in total. The number of aromatic amines is 1. The van der Waals surface area contributed by atoms with E-state index >= 15 is 0 Å². The van der Waals surface area contributed by atoms with Crippen molar-refractivity contribution in [1.29, 1.82) is 0 Å². The molecule has 3 rings (SSSR count). The fourth-order valence-corrected chi connectivity index (χ4v) is 3.45. The Hall–Kier alpha value is -3.54. The lowest BCUT2D eigenvalue weighted by Crippen LogP contribution is -2.13. The topological polar surface area (TPSA) is 72.9 Å². The maximum atomic E-state index is 13.3. The van der Waals surface area contributed by atoms with E-state index in [1.165, 1.54) is 21.3 Å². The van der Waals surface area contributed by atoms with E-state index in [9.17, 15) is 4.79 Å². The molecule has 3 aromatic rings. The average molecular weight is 421 g/mol. The SMILES string of the molecule is C/C=C(\N=C(c1cc2ccccc2[nH]1)C(C)C)C(=O)c1cc(OC)c(OC)c(OC)c1. The van der Waals surface area contributed by atoms with Crippen LogP contribution in [0.25, 0.3) is 10.9 Å². The highest BCUT2D eigenvalue weighted by atomic mass is 16.5. The van der Waals surface area contributed by atoms with Gasteiger partial charge in [0.05, 0.1) is 32.7 Å². The molecule has 0 radical (unpaired) electrons. The maximum Gasteiger partial charge on any atom is 0.211 e. The van der Waals surface area contributed by atoms with E-state index in [1.807, 2.05) is 24.3 Å². The van der Waals surface area contributed by atoms with Crippen LogP contribution in [0.3, 0.4) is 0 Å². The van der Waals surface area contributed by atoms with Gasteiger partial charge in [-0.2, -0.15) is 0 Å². The molecule has 0 fully saturated rings. The number of H-pyrrole nitrogens is 1. The van der Waals surface area contributed by atoms with Crippen LogP contribution >= 0.6 is 0 Å². The van der Waals surface area contributed by atoms with E-state index in [1.54, 1.807) is 25.1 Å². The number of allylic oxidation sites excluding steroid dienone is 2. The largest absolute Gasteiger partial charge is 0.493 e. The van der Waals surface area contributed by atoms with Crippen molar-refractivity contribution in [1.82, 2.24) is 4.98 Å². The summed E-state index contributed by atoms with van der Waals surface area (Å²) in [6.45, 7) is 5.92. The molecule has 0 bridgehead atoms.